The molecule has 0 aromatic rings. The number of amides is 2. The Morgan fingerprint density at radius 1 is 1.05 bits per heavy atom. The van der Waals surface area contributed by atoms with Gasteiger partial charge in [-0.2, -0.15) is 0 Å². The zero-order valence-corrected chi connectivity index (χ0v) is 13.9. The Hall–Kier alpha value is -1.19. The van der Waals surface area contributed by atoms with Crippen LogP contribution in [0.15, 0.2) is 0 Å². The van der Waals surface area contributed by atoms with Gasteiger partial charge in [0, 0.05) is 31.2 Å². The van der Waals surface area contributed by atoms with Crippen LogP contribution in [0.1, 0.15) is 66.2 Å². The van der Waals surface area contributed by atoms with Crippen molar-refractivity contribution in [3.63, 3.8) is 0 Å². The van der Waals surface area contributed by atoms with Crippen LogP contribution in [0.4, 0.5) is 0 Å². The molecular weight excluding hydrogens is 266 g/mol. The maximum atomic E-state index is 11.9. The fourth-order valence-corrected chi connectivity index (χ4v) is 3.19. The first kappa shape index (κ1) is 17.9. The third-order valence-corrected chi connectivity index (χ3v) is 4.41. The number of Topliss-reactive ketones (excluding diaryl/α,β-unsaturated/α-hetero) is 1. The molecule has 0 N–H and O–H groups in total. The number of imide groups is 1. The van der Waals surface area contributed by atoms with Crippen molar-refractivity contribution in [3.05, 3.63) is 0 Å². The summed E-state index contributed by atoms with van der Waals surface area (Å²) < 4.78 is 0. The Kier molecular flexibility index (Phi) is 7.06. The molecule has 2 aliphatic rings. The minimum absolute atomic E-state index is 0.0228. The molecule has 1 saturated carbocycles. The topological polar surface area (TPSA) is 54.5 Å². The largest absolute Gasteiger partial charge is 0.299 e. The molecule has 4 nitrogen and oxygen atoms in total. The lowest BCUT2D eigenvalue weighted by Gasteiger charge is -2.30. The van der Waals surface area contributed by atoms with Crippen molar-refractivity contribution in [2.45, 2.75) is 66.2 Å². The molecule has 120 valence electrons. The molecule has 0 spiro atoms. The van der Waals surface area contributed by atoms with Gasteiger partial charge in [0.1, 0.15) is 5.78 Å². The van der Waals surface area contributed by atoms with E-state index in [-0.39, 0.29) is 23.7 Å². The molecule has 2 fully saturated rings. The van der Waals surface area contributed by atoms with Gasteiger partial charge in [0.25, 0.3) is 0 Å². The van der Waals surface area contributed by atoms with E-state index in [0.29, 0.717) is 31.1 Å². The summed E-state index contributed by atoms with van der Waals surface area (Å²) in [7, 11) is 0. The molecule has 1 heterocycles. The van der Waals surface area contributed by atoms with Crippen LogP contribution in [0, 0.1) is 17.8 Å². The van der Waals surface area contributed by atoms with Gasteiger partial charge in [-0.05, 0) is 31.6 Å². The molecule has 0 aromatic heterocycles. The summed E-state index contributed by atoms with van der Waals surface area (Å²) in [4.78, 5) is 36.5. The highest BCUT2D eigenvalue weighted by atomic mass is 16.2. The number of ketones is 1. The predicted molar refractivity (Wildman–Crippen MR) is 82.6 cm³/mol. The van der Waals surface area contributed by atoms with E-state index in [1.165, 1.54) is 4.90 Å². The van der Waals surface area contributed by atoms with Gasteiger partial charge in [-0.25, -0.2) is 0 Å². The molecule has 2 amide bonds. The number of hydrogen-bond donors (Lipinski definition) is 0. The van der Waals surface area contributed by atoms with Gasteiger partial charge in [0.15, 0.2) is 0 Å². The molecule has 0 bridgehead atoms. The number of carbonyl (C=O) groups is 3. The third-order valence-electron chi connectivity index (χ3n) is 4.41. The standard InChI is InChI=1S/C15H23NO3.C2H6/c1-10(2)15(19)12-5-3-11(4-6-12)9-16-13(17)7-8-14(16)18;1-2/h10-12H,3-9H2,1-2H3;1-2H3. The van der Waals surface area contributed by atoms with E-state index in [2.05, 4.69) is 0 Å². The maximum Gasteiger partial charge on any atom is 0.229 e. The van der Waals surface area contributed by atoms with Crippen molar-refractivity contribution < 1.29 is 14.4 Å². The molecule has 1 aliphatic heterocycles. The molecule has 21 heavy (non-hydrogen) atoms. The molecule has 0 radical (unpaired) electrons. The average Bonchev–Trinajstić information content (AvgIpc) is 2.81. The molecule has 0 atom stereocenters. The molecular formula is C17H29NO3. The Bertz CT molecular complexity index is 365. The fourth-order valence-electron chi connectivity index (χ4n) is 3.19. The zero-order valence-electron chi connectivity index (χ0n) is 13.9. The lowest BCUT2D eigenvalue weighted by molar-refractivity contribution is -0.139. The van der Waals surface area contributed by atoms with E-state index in [0.717, 1.165) is 25.7 Å². The molecule has 2 rings (SSSR count). The van der Waals surface area contributed by atoms with Crippen LogP contribution in [0.25, 0.3) is 0 Å². The first-order valence-electron chi connectivity index (χ1n) is 8.36. The van der Waals surface area contributed by atoms with Gasteiger partial charge in [-0.1, -0.05) is 27.7 Å². The lowest BCUT2D eigenvalue weighted by Crippen LogP contribution is -2.36. The van der Waals surface area contributed by atoms with Crippen molar-refractivity contribution in [1.82, 2.24) is 4.90 Å². The van der Waals surface area contributed by atoms with Gasteiger partial charge in [-0.3, -0.25) is 19.3 Å². The Morgan fingerprint density at radius 3 is 1.95 bits per heavy atom. The predicted octanol–water partition coefficient (Wildman–Crippen LogP) is 3.19. The summed E-state index contributed by atoms with van der Waals surface area (Å²) >= 11 is 0. The number of nitrogens with zero attached hydrogens (tertiary/aromatic N) is 1. The van der Waals surface area contributed by atoms with Gasteiger partial charge < -0.3 is 0 Å². The van der Waals surface area contributed by atoms with Crippen LogP contribution in [0.3, 0.4) is 0 Å². The second-order valence-corrected chi connectivity index (χ2v) is 6.17. The van der Waals surface area contributed by atoms with Crippen molar-refractivity contribution in [1.29, 1.82) is 0 Å². The van der Waals surface area contributed by atoms with E-state index in [1.54, 1.807) is 0 Å². The van der Waals surface area contributed by atoms with E-state index in [1.807, 2.05) is 27.7 Å². The molecule has 1 aliphatic carbocycles. The molecule has 0 aromatic carbocycles. The van der Waals surface area contributed by atoms with Crippen LogP contribution in [0.2, 0.25) is 0 Å². The van der Waals surface area contributed by atoms with Gasteiger partial charge in [0.2, 0.25) is 11.8 Å². The molecule has 0 unspecified atom stereocenters. The Morgan fingerprint density at radius 2 is 1.52 bits per heavy atom. The number of hydrogen-bond acceptors (Lipinski definition) is 3. The number of carbonyl (C=O) groups excluding carboxylic acids is 3. The van der Waals surface area contributed by atoms with E-state index < -0.39 is 0 Å². The van der Waals surface area contributed by atoms with Crippen LogP contribution < -0.4 is 0 Å². The van der Waals surface area contributed by atoms with E-state index in [9.17, 15) is 14.4 Å². The van der Waals surface area contributed by atoms with Gasteiger partial charge in [-0.15, -0.1) is 0 Å². The fraction of sp³-hybridized carbons (Fsp3) is 0.824. The highest BCUT2D eigenvalue weighted by Crippen LogP contribution is 2.32. The van der Waals surface area contributed by atoms with Crippen LogP contribution in [0.5, 0.6) is 0 Å². The second-order valence-electron chi connectivity index (χ2n) is 6.17. The first-order valence-corrected chi connectivity index (χ1v) is 8.36. The third kappa shape index (κ3) is 4.65. The normalized spacial score (nSPS) is 25.9. The van der Waals surface area contributed by atoms with Gasteiger partial charge in [0.05, 0.1) is 0 Å². The van der Waals surface area contributed by atoms with Crippen LogP contribution in [-0.4, -0.2) is 29.0 Å². The minimum Gasteiger partial charge on any atom is -0.299 e. The maximum absolute atomic E-state index is 11.9. The Balaban J connectivity index is 0.00000106. The smallest absolute Gasteiger partial charge is 0.229 e. The summed E-state index contributed by atoms with van der Waals surface area (Å²) in [6.07, 6.45) is 4.50. The van der Waals surface area contributed by atoms with Crippen molar-refractivity contribution in [3.8, 4) is 0 Å². The monoisotopic (exact) mass is 295 g/mol. The summed E-state index contributed by atoms with van der Waals surface area (Å²) in [5.74, 6) is 1.02. The highest BCUT2D eigenvalue weighted by Gasteiger charge is 2.33. The average molecular weight is 295 g/mol. The lowest BCUT2D eigenvalue weighted by atomic mass is 9.77. The number of rotatable bonds is 4. The quantitative estimate of drug-likeness (QED) is 0.748. The minimum atomic E-state index is -0.0228. The van der Waals surface area contributed by atoms with Crippen LogP contribution in [-0.2, 0) is 14.4 Å². The van der Waals surface area contributed by atoms with E-state index >= 15 is 0 Å². The first-order chi connectivity index (χ1) is 9.99. The summed E-state index contributed by atoms with van der Waals surface area (Å²) in [5, 5.41) is 0. The summed E-state index contributed by atoms with van der Waals surface area (Å²) in [6.45, 7) is 8.48. The highest BCUT2D eigenvalue weighted by molar-refractivity contribution is 6.01. The summed E-state index contributed by atoms with van der Waals surface area (Å²) in [6, 6.07) is 0. The SMILES string of the molecule is CC.CC(C)C(=O)C1CCC(CN2C(=O)CCC2=O)CC1. The zero-order chi connectivity index (χ0) is 16.0. The van der Waals surface area contributed by atoms with Crippen molar-refractivity contribution in [2.24, 2.45) is 17.8 Å². The second kappa shape index (κ2) is 8.30. The molecule has 1 saturated heterocycles. The Labute approximate surface area is 128 Å². The van der Waals surface area contributed by atoms with Gasteiger partial charge >= 0.3 is 0 Å². The van der Waals surface area contributed by atoms with Crippen LogP contribution >= 0.6 is 0 Å². The van der Waals surface area contributed by atoms with Crippen molar-refractivity contribution >= 4 is 17.6 Å². The van der Waals surface area contributed by atoms with Crippen molar-refractivity contribution in [2.75, 3.05) is 6.54 Å². The molecule has 4 heteroatoms. The van der Waals surface area contributed by atoms with E-state index in [4.69, 9.17) is 0 Å². The number of likely N-dealkylation sites (tertiary alicyclic amines) is 1. The summed E-state index contributed by atoms with van der Waals surface area (Å²) in [5.41, 5.74) is 0.